The van der Waals surface area contributed by atoms with E-state index in [0.29, 0.717) is 0 Å². The largest absolute Gasteiger partial charge is 0.325 e. The predicted molar refractivity (Wildman–Crippen MR) is 89.0 cm³/mol. The molecule has 0 bridgehead atoms. The molecule has 0 aliphatic carbocycles. The summed E-state index contributed by atoms with van der Waals surface area (Å²) in [6, 6.07) is 14.5. The van der Waals surface area contributed by atoms with Crippen LogP contribution in [-0.2, 0) is 17.6 Å². The summed E-state index contributed by atoms with van der Waals surface area (Å²) in [7, 11) is 0. The highest BCUT2D eigenvalue weighted by Gasteiger charge is 2.28. The van der Waals surface area contributed by atoms with E-state index in [4.69, 9.17) is 0 Å². The van der Waals surface area contributed by atoms with Gasteiger partial charge in [-0.2, -0.15) is 0 Å². The van der Waals surface area contributed by atoms with E-state index in [9.17, 15) is 4.79 Å². The standard InChI is InChI=1S/C18H19NOS/c1-3-13-6-4-5-7-15(13)19-18(20)17-11-14-9-8-12(2)10-16(14)21-17/h4-10,17H,3,11H2,1-2H3,(H,19,20)/t17-/m0/s1. The van der Waals surface area contributed by atoms with Crippen molar-refractivity contribution in [2.45, 2.75) is 36.8 Å². The second kappa shape index (κ2) is 5.94. The first-order chi connectivity index (χ1) is 10.2. The molecule has 1 aliphatic heterocycles. The summed E-state index contributed by atoms with van der Waals surface area (Å²) in [6.45, 7) is 4.19. The number of anilines is 1. The number of carbonyl (C=O) groups excluding carboxylic acids is 1. The smallest absolute Gasteiger partial charge is 0.238 e. The molecule has 21 heavy (non-hydrogen) atoms. The lowest BCUT2D eigenvalue weighted by Gasteiger charge is -2.12. The van der Waals surface area contributed by atoms with E-state index in [-0.39, 0.29) is 11.2 Å². The van der Waals surface area contributed by atoms with Gasteiger partial charge < -0.3 is 5.32 Å². The van der Waals surface area contributed by atoms with Gasteiger partial charge >= 0.3 is 0 Å². The topological polar surface area (TPSA) is 29.1 Å². The first-order valence-corrected chi connectivity index (χ1v) is 8.20. The minimum Gasteiger partial charge on any atom is -0.325 e. The Morgan fingerprint density at radius 1 is 1.29 bits per heavy atom. The number of thioether (sulfide) groups is 1. The van der Waals surface area contributed by atoms with Crippen LogP contribution in [0.15, 0.2) is 47.4 Å². The number of amides is 1. The highest BCUT2D eigenvalue weighted by atomic mass is 32.2. The van der Waals surface area contributed by atoms with Crippen molar-refractivity contribution in [3.05, 3.63) is 59.2 Å². The molecule has 1 atom stereocenters. The maximum absolute atomic E-state index is 12.5. The second-order valence-corrected chi connectivity index (χ2v) is 6.67. The highest BCUT2D eigenvalue weighted by Crippen LogP contribution is 2.38. The van der Waals surface area contributed by atoms with Crippen molar-refractivity contribution < 1.29 is 4.79 Å². The molecule has 0 aromatic heterocycles. The number of fused-ring (bicyclic) bond motifs is 1. The van der Waals surface area contributed by atoms with Crippen molar-refractivity contribution in [2.75, 3.05) is 5.32 Å². The monoisotopic (exact) mass is 297 g/mol. The van der Waals surface area contributed by atoms with Gasteiger partial charge in [0.1, 0.15) is 0 Å². The number of nitrogens with one attached hydrogen (secondary N) is 1. The molecule has 3 heteroatoms. The van der Waals surface area contributed by atoms with Gasteiger partial charge in [0.15, 0.2) is 0 Å². The molecule has 108 valence electrons. The number of aryl methyl sites for hydroxylation is 2. The molecule has 2 nitrogen and oxygen atoms in total. The molecule has 1 heterocycles. The summed E-state index contributed by atoms with van der Waals surface area (Å²) in [5.74, 6) is 0.106. The minimum atomic E-state index is -0.0216. The van der Waals surface area contributed by atoms with Crippen molar-refractivity contribution in [1.82, 2.24) is 0 Å². The van der Waals surface area contributed by atoms with Gasteiger partial charge in [0.2, 0.25) is 5.91 Å². The molecular formula is C18H19NOS. The Balaban J connectivity index is 1.73. The van der Waals surface area contributed by atoms with Crippen LogP contribution in [0, 0.1) is 6.92 Å². The Labute approximate surface area is 130 Å². The van der Waals surface area contributed by atoms with Crippen LogP contribution in [-0.4, -0.2) is 11.2 Å². The van der Waals surface area contributed by atoms with E-state index in [1.807, 2.05) is 18.2 Å². The molecule has 0 fully saturated rings. The zero-order valence-corrected chi connectivity index (χ0v) is 13.2. The summed E-state index contributed by atoms with van der Waals surface area (Å²) < 4.78 is 0. The SMILES string of the molecule is CCc1ccccc1NC(=O)[C@@H]1Cc2ccc(C)cc2S1. The summed E-state index contributed by atoms with van der Waals surface area (Å²) in [6.07, 6.45) is 1.74. The van der Waals surface area contributed by atoms with Crippen molar-refractivity contribution in [1.29, 1.82) is 0 Å². The number of hydrogen-bond acceptors (Lipinski definition) is 2. The Morgan fingerprint density at radius 3 is 2.90 bits per heavy atom. The van der Waals surface area contributed by atoms with E-state index in [1.54, 1.807) is 11.8 Å². The number of benzene rings is 2. The molecule has 0 spiro atoms. The molecule has 3 rings (SSSR count). The Kier molecular flexibility index (Phi) is 4.02. The number of rotatable bonds is 3. The van der Waals surface area contributed by atoms with E-state index < -0.39 is 0 Å². The Bertz CT molecular complexity index is 681. The fraction of sp³-hybridized carbons (Fsp3) is 0.278. The van der Waals surface area contributed by atoms with Crippen LogP contribution in [0.3, 0.4) is 0 Å². The van der Waals surface area contributed by atoms with Gasteiger partial charge in [0.25, 0.3) is 0 Å². The molecule has 2 aromatic carbocycles. The van der Waals surface area contributed by atoms with Gasteiger partial charge in [-0.1, -0.05) is 42.8 Å². The van der Waals surface area contributed by atoms with Crippen LogP contribution in [0.2, 0.25) is 0 Å². The minimum absolute atomic E-state index is 0.0216. The molecule has 0 saturated heterocycles. The van der Waals surface area contributed by atoms with Crippen LogP contribution >= 0.6 is 11.8 Å². The lowest BCUT2D eigenvalue weighted by molar-refractivity contribution is -0.115. The van der Waals surface area contributed by atoms with Gasteiger partial charge in [-0.05, 0) is 43.0 Å². The zero-order chi connectivity index (χ0) is 14.8. The first-order valence-electron chi connectivity index (χ1n) is 7.32. The van der Waals surface area contributed by atoms with Crippen LogP contribution in [0.25, 0.3) is 0 Å². The van der Waals surface area contributed by atoms with Crippen molar-refractivity contribution in [3.63, 3.8) is 0 Å². The fourth-order valence-corrected chi connectivity index (χ4v) is 3.94. The van der Waals surface area contributed by atoms with Gasteiger partial charge in [0.05, 0.1) is 5.25 Å². The third kappa shape index (κ3) is 2.98. The maximum atomic E-state index is 12.5. The van der Waals surface area contributed by atoms with Crippen LogP contribution < -0.4 is 5.32 Å². The summed E-state index contributed by atoms with van der Waals surface area (Å²) >= 11 is 1.68. The van der Waals surface area contributed by atoms with Crippen molar-refractivity contribution in [2.24, 2.45) is 0 Å². The molecule has 1 amide bonds. The molecule has 0 radical (unpaired) electrons. The molecule has 2 aromatic rings. The maximum Gasteiger partial charge on any atom is 0.238 e. The molecule has 0 saturated carbocycles. The van der Waals surface area contributed by atoms with Crippen molar-refractivity contribution >= 4 is 23.4 Å². The molecule has 0 unspecified atom stereocenters. The normalized spacial score (nSPS) is 16.6. The Hall–Kier alpha value is -1.74. The van der Waals surface area contributed by atoms with Gasteiger partial charge in [-0.3, -0.25) is 4.79 Å². The van der Waals surface area contributed by atoms with Crippen LogP contribution in [0.1, 0.15) is 23.6 Å². The third-order valence-corrected chi connectivity index (χ3v) is 5.15. The molecule has 1 aliphatic rings. The van der Waals surface area contributed by atoms with Crippen molar-refractivity contribution in [3.8, 4) is 0 Å². The van der Waals surface area contributed by atoms with Crippen LogP contribution in [0.5, 0.6) is 0 Å². The summed E-state index contributed by atoms with van der Waals surface area (Å²) in [5.41, 5.74) is 4.66. The van der Waals surface area contributed by atoms with Gasteiger partial charge in [0, 0.05) is 10.6 Å². The molecular weight excluding hydrogens is 278 g/mol. The summed E-state index contributed by atoms with van der Waals surface area (Å²) in [5, 5.41) is 3.07. The lowest BCUT2D eigenvalue weighted by atomic mass is 10.1. The molecule has 1 N–H and O–H groups in total. The third-order valence-electron chi connectivity index (χ3n) is 3.85. The number of hydrogen-bond donors (Lipinski definition) is 1. The zero-order valence-electron chi connectivity index (χ0n) is 12.3. The van der Waals surface area contributed by atoms with E-state index in [1.165, 1.54) is 21.6 Å². The lowest BCUT2D eigenvalue weighted by Crippen LogP contribution is -2.25. The highest BCUT2D eigenvalue weighted by molar-refractivity contribution is 8.01. The number of para-hydroxylation sites is 1. The van der Waals surface area contributed by atoms with E-state index >= 15 is 0 Å². The fourth-order valence-electron chi connectivity index (χ4n) is 2.64. The van der Waals surface area contributed by atoms with Gasteiger partial charge in [-0.15, -0.1) is 11.8 Å². The van der Waals surface area contributed by atoms with E-state index in [2.05, 4.69) is 43.4 Å². The quantitative estimate of drug-likeness (QED) is 0.919. The van der Waals surface area contributed by atoms with Crippen LogP contribution in [0.4, 0.5) is 5.69 Å². The second-order valence-electron chi connectivity index (χ2n) is 5.42. The Morgan fingerprint density at radius 2 is 2.10 bits per heavy atom. The number of carbonyl (C=O) groups is 1. The first kappa shape index (κ1) is 14.2. The average molecular weight is 297 g/mol. The summed E-state index contributed by atoms with van der Waals surface area (Å²) in [4.78, 5) is 13.8. The van der Waals surface area contributed by atoms with E-state index in [0.717, 1.165) is 18.5 Å². The predicted octanol–water partition coefficient (Wildman–Crippen LogP) is 4.21. The average Bonchev–Trinajstić information content (AvgIpc) is 2.91. The van der Waals surface area contributed by atoms with Gasteiger partial charge in [-0.25, -0.2) is 0 Å².